The van der Waals surface area contributed by atoms with Gasteiger partial charge in [0.25, 0.3) is 5.91 Å². The Kier molecular flexibility index (Phi) is 5.16. The van der Waals surface area contributed by atoms with E-state index in [2.05, 4.69) is 12.2 Å². The van der Waals surface area contributed by atoms with Gasteiger partial charge in [0.1, 0.15) is 5.76 Å². The Bertz CT molecular complexity index is 931. The van der Waals surface area contributed by atoms with Crippen LogP contribution in [0.1, 0.15) is 28.6 Å². The average molecular weight is 374 g/mol. The second-order valence-corrected chi connectivity index (χ2v) is 6.47. The third-order valence-electron chi connectivity index (χ3n) is 4.03. The van der Waals surface area contributed by atoms with E-state index in [1.54, 1.807) is 30.3 Å². The van der Waals surface area contributed by atoms with Crippen molar-refractivity contribution in [3.63, 3.8) is 0 Å². The van der Waals surface area contributed by atoms with Crippen LogP contribution in [0.4, 0.5) is 5.69 Å². The van der Waals surface area contributed by atoms with Gasteiger partial charge in [0.05, 0.1) is 10.0 Å². The van der Waals surface area contributed by atoms with Crippen LogP contribution in [0.5, 0.6) is 0 Å². The minimum absolute atomic E-state index is 0.219. The number of para-hydroxylation sites is 1. The molecule has 0 fully saturated rings. The fraction of sp³-hybridized carbons (Fsp3) is 0.150. The molecule has 25 heavy (non-hydrogen) atoms. The summed E-state index contributed by atoms with van der Waals surface area (Å²) in [5, 5.41) is 3.78. The van der Waals surface area contributed by atoms with Crippen molar-refractivity contribution >= 4 is 34.8 Å². The fourth-order valence-electron chi connectivity index (χ4n) is 2.68. The lowest BCUT2D eigenvalue weighted by Crippen LogP contribution is -2.13. The number of hydrogen-bond acceptors (Lipinski definition) is 2. The Morgan fingerprint density at radius 1 is 1.08 bits per heavy atom. The third-order valence-corrected chi connectivity index (χ3v) is 4.84. The molecule has 1 heterocycles. The van der Waals surface area contributed by atoms with Gasteiger partial charge in [-0.3, -0.25) is 4.79 Å². The number of amides is 1. The summed E-state index contributed by atoms with van der Waals surface area (Å²) in [7, 11) is 0. The molecule has 0 atom stereocenters. The first-order valence-electron chi connectivity index (χ1n) is 7.95. The number of hydrogen-bond donors (Lipinski definition) is 1. The van der Waals surface area contributed by atoms with E-state index in [0.717, 1.165) is 23.2 Å². The van der Waals surface area contributed by atoms with Crippen molar-refractivity contribution in [1.29, 1.82) is 0 Å². The molecule has 1 N–H and O–H groups in total. The van der Waals surface area contributed by atoms with Crippen LogP contribution in [0.2, 0.25) is 10.0 Å². The molecule has 0 radical (unpaired) electrons. The Hall–Kier alpha value is -2.23. The molecule has 0 aliphatic carbocycles. The van der Waals surface area contributed by atoms with Crippen LogP contribution in [-0.2, 0) is 6.42 Å². The van der Waals surface area contributed by atoms with Gasteiger partial charge in [0, 0.05) is 11.3 Å². The van der Waals surface area contributed by atoms with Gasteiger partial charge < -0.3 is 9.73 Å². The van der Waals surface area contributed by atoms with Gasteiger partial charge in [-0.2, -0.15) is 0 Å². The highest BCUT2D eigenvalue weighted by molar-refractivity contribution is 6.43. The summed E-state index contributed by atoms with van der Waals surface area (Å²) in [6.07, 6.45) is 0.832. The molecule has 5 heteroatoms. The van der Waals surface area contributed by atoms with Gasteiger partial charge in [-0.25, -0.2) is 0 Å². The standard InChI is InChI=1S/C20H17Cl2NO2/c1-3-13-7-4-6-12(2)19(13)23-20(24)17-11-10-16(25-17)14-8-5-9-15(21)18(14)22/h4-11H,3H2,1-2H3,(H,23,24). The largest absolute Gasteiger partial charge is 0.451 e. The third kappa shape index (κ3) is 3.58. The molecular formula is C20H17Cl2NO2. The number of carbonyl (C=O) groups excluding carboxylic acids is 1. The SMILES string of the molecule is CCc1cccc(C)c1NC(=O)c1ccc(-c2cccc(Cl)c2Cl)o1. The van der Waals surface area contributed by atoms with Crippen molar-refractivity contribution in [3.05, 3.63) is 75.5 Å². The second-order valence-electron chi connectivity index (χ2n) is 5.68. The summed E-state index contributed by atoms with van der Waals surface area (Å²) in [6.45, 7) is 4.02. The molecule has 0 bridgehead atoms. The first-order valence-corrected chi connectivity index (χ1v) is 8.71. The first-order chi connectivity index (χ1) is 12.0. The quantitative estimate of drug-likeness (QED) is 0.576. The molecule has 0 saturated heterocycles. The molecule has 3 rings (SSSR count). The second kappa shape index (κ2) is 7.34. The predicted octanol–water partition coefficient (Wildman–Crippen LogP) is 6.38. The van der Waals surface area contributed by atoms with Crippen molar-refractivity contribution in [1.82, 2.24) is 0 Å². The monoisotopic (exact) mass is 373 g/mol. The smallest absolute Gasteiger partial charge is 0.291 e. The van der Waals surface area contributed by atoms with Gasteiger partial charge in [-0.05, 0) is 48.7 Å². The summed E-state index contributed by atoms with van der Waals surface area (Å²) >= 11 is 12.3. The average Bonchev–Trinajstić information content (AvgIpc) is 3.09. The molecule has 128 valence electrons. The Labute approximate surface area is 156 Å². The predicted molar refractivity (Wildman–Crippen MR) is 103 cm³/mol. The molecule has 3 nitrogen and oxygen atoms in total. The first kappa shape index (κ1) is 17.6. The van der Waals surface area contributed by atoms with Crippen molar-refractivity contribution in [3.8, 4) is 11.3 Å². The van der Waals surface area contributed by atoms with Crippen molar-refractivity contribution < 1.29 is 9.21 Å². The van der Waals surface area contributed by atoms with E-state index in [1.165, 1.54) is 0 Å². The highest BCUT2D eigenvalue weighted by Crippen LogP contribution is 2.34. The lowest BCUT2D eigenvalue weighted by Gasteiger charge is -2.12. The minimum Gasteiger partial charge on any atom is -0.451 e. The Morgan fingerprint density at radius 2 is 1.84 bits per heavy atom. The highest BCUT2D eigenvalue weighted by Gasteiger charge is 2.16. The zero-order valence-electron chi connectivity index (χ0n) is 13.9. The number of aryl methyl sites for hydroxylation is 2. The lowest BCUT2D eigenvalue weighted by atomic mass is 10.1. The molecule has 0 spiro atoms. The number of halogens is 2. The van der Waals surface area contributed by atoms with E-state index >= 15 is 0 Å². The molecule has 0 saturated carbocycles. The topological polar surface area (TPSA) is 42.2 Å². The number of benzene rings is 2. The summed E-state index contributed by atoms with van der Waals surface area (Å²) in [5.74, 6) is 0.419. The Morgan fingerprint density at radius 3 is 2.60 bits per heavy atom. The van der Waals surface area contributed by atoms with Crippen LogP contribution >= 0.6 is 23.2 Å². The van der Waals surface area contributed by atoms with Gasteiger partial charge in [-0.15, -0.1) is 0 Å². The van der Waals surface area contributed by atoms with Crippen LogP contribution < -0.4 is 5.32 Å². The molecule has 1 amide bonds. The zero-order chi connectivity index (χ0) is 18.0. The van der Waals surface area contributed by atoms with E-state index in [1.807, 2.05) is 25.1 Å². The van der Waals surface area contributed by atoms with E-state index in [4.69, 9.17) is 27.6 Å². The van der Waals surface area contributed by atoms with Gasteiger partial charge in [-0.1, -0.05) is 54.4 Å². The van der Waals surface area contributed by atoms with E-state index in [-0.39, 0.29) is 11.7 Å². The summed E-state index contributed by atoms with van der Waals surface area (Å²) in [5.41, 5.74) is 3.57. The molecule has 0 aliphatic heterocycles. The number of nitrogens with one attached hydrogen (secondary N) is 1. The van der Waals surface area contributed by atoms with E-state index in [9.17, 15) is 4.79 Å². The number of carbonyl (C=O) groups is 1. The maximum absolute atomic E-state index is 12.6. The van der Waals surface area contributed by atoms with Crippen molar-refractivity contribution in [2.24, 2.45) is 0 Å². The van der Waals surface area contributed by atoms with E-state index in [0.29, 0.717) is 21.4 Å². The summed E-state index contributed by atoms with van der Waals surface area (Å²) < 4.78 is 5.70. The van der Waals surface area contributed by atoms with Crippen LogP contribution in [0, 0.1) is 6.92 Å². The van der Waals surface area contributed by atoms with Gasteiger partial charge >= 0.3 is 0 Å². The molecule has 0 unspecified atom stereocenters. The van der Waals surface area contributed by atoms with Crippen molar-refractivity contribution in [2.45, 2.75) is 20.3 Å². The highest BCUT2D eigenvalue weighted by atomic mass is 35.5. The minimum atomic E-state index is -0.298. The molecule has 1 aromatic heterocycles. The number of furan rings is 1. The lowest BCUT2D eigenvalue weighted by molar-refractivity contribution is 0.0997. The molecular weight excluding hydrogens is 357 g/mol. The van der Waals surface area contributed by atoms with Crippen molar-refractivity contribution in [2.75, 3.05) is 5.32 Å². The fourth-order valence-corrected chi connectivity index (χ4v) is 3.07. The van der Waals surface area contributed by atoms with Crippen LogP contribution in [0.3, 0.4) is 0 Å². The number of rotatable bonds is 4. The van der Waals surface area contributed by atoms with Crippen LogP contribution in [0.15, 0.2) is 52.9 Å². The maximum atomic E-state index is 12.6. The van der Waals surface area contributed by atoms with Gasteiger partial charge in [0.15, 0.2) is 5.76 Å². The molecule has 3 aromatic rings. The van der Waals surface area contributed by atoms with Crippen LogP contribution in [0.25, 0.3) is 11.3 Å². The Balaban J connectivity index is 1.88. The maximum Gasteiger partial charge on any atom is 0.291 e. The van der Waals surface area contributed by atoms with E-state index < -0.39 is 0 Å². The number of anilines is 1. The summed E-state index contributed by atoms with van der Waals surface area (Å²) in [4.78, 5) is 12.6. The molecule has 0 aliphatic rings. The molecule has 2 aromatic carbocycles. The van der Waals surface area contributed by atoms with Crippen LogP contribution in [-0.4, -0.2) is 5.91 Å². The normalized spacial score (nSPS) is 10.7. The van der Waals surface area contributed by atoms with Gasteiger partial charge in [0.2, 0.25) is 0 Å². The summed E-state index contributed by atoms with van der Waals surface area (Å²) in [6, 6.07) is 14.6. The zero-order valence-corrected chi connectivity index (χ0v) is 15.4.